The van der Waals surface area contributed by atoms with Crippen LogP contribution in [0.2, 0.25) is 0 Å². The summed E-state index contributed by atoms with van der Waals surface area (Å²) in [7, 11) is 0. The quantitative estimate of drug-likeness (QED) is 0.777. The summed E-state index contributed by atoms with van der Waals surface area (Å²) in [5.41, 5.74) is 0.468. The first-order valence-electron chi connectivity index (χ1n) is 9.55. The van der Waals surface area contributed by atoms with Gasteiger partial charge in [-0.3, -0.25) is 14.5 Å². The maximum absolute atomic E-state index is 13.2. The topological polar surface area (TPSA) is 43.9 Å². The molecule has 1 saturated carbocycles. The zero-order valence-electron chi connectivity index (χ0n) is 15.7. The number of benzene rings is 1. The molecule has 1 aliphatic carbocycles. The van der Waals surface area contributed by atoms with Crippen molar-refractivity contribution < 1.29 is 14.0 Å². The number of amides is 2. The lowest BCUT2D eigenvalue weighted by atomic mass is 9.94. The normalized spacial score (nSPS) is 19.3. The first-order valence-corrected chi connectivity index (χ1v) is 9.55. The van der Waals surface area contributed by atoms with Crippen molar-refractivity contribution in [1.29, 1.82) is 0 Å². The van der Waals surface area contributed by atoms with Gasteiger partial charge in [0.25, 0.3) is 0 Å². The number of halogens is 1. The van der Waals surface area contributed by atoms with Crippen molar-refractivity contribution in [2.75, 3.05) is 45.8 Å². The van der Waals surface area contributed by atoms with E-state index in [-0.39, 0.29) is 17.6 Å². The molecule has 2 aliphatic rings. The van der Waals surface area contributed by atoms with Crippen molar-refractivity contribution in [3.63, 3.8) is 0 Å². The fraction of sp³-hybridized carbons (Fsp3) is 0.600. The van der Waals surface area contributed by atoms with Gasteiger partial charge in [0, 0.05) is 39.3 Å². The van der Waals surface area contributed by atoms with E-state index in [0.717, 1.165) is 44.6 Å². The lowest BCUT2D eigenvalue weighted by Gasteiger charge is -2.37. The Hall–Kier alpha value is -1.95. The van der Waals surface area contributed by atoms with Gasteiger partial charge in [-0.25, -0.2) is 4.39 Å². The summed E-state index contributed by atoms with van der Waals surface area (Å²) >= 11 is 0. The largest absolute Gasteiger partial charge is 0.342 e. The summed E-state index contributed by atoms with van der Waals surface area (Å²) in [4.78, 5) is 31.2. The summed E-state index contributed by atoms with van der Waals surface area (Å²) < 4.78 is 13.2. The van der Waals surface area contributed by atoms with Gasteiger partial charge in [-0.2, -0.15) is 0 Å². The molecule has 0 unspecified atom stereocenters. The van der Waals surface area contributed by atoms with Crippen molar-refractivity contribution in [3.05, 3.63) is 35.6 Å². The SMILES string of the molecule is CCN(CC)C(=O)CN1CCN(C(=O)C2(c3ccc(F)cc3)CC2)CC1. The van der Waals surface area contributed by atoms with Crippen LogP contribution in [0.4, 0.5) is 4.39 Å². The third kappa shape index (κ3) is 3.75. The lowest BCUT2D eigenvalue weighted by molar-refractivity contribution is -0.137. The lowest BCUT2D eigenvalue weighted by Crippen LogP contribution is -2.53. The Kier molecular flexibility index (Phi) is 5.61. The molecule has 1 aliphatic heterocycles. The molecule has 1 saturated heterocycles. The highest BCUT2D eigenvalue weighted by atomic mass is 19.1. The first-order chi connectivity index (χ1) is 12.5. The van der Waals surface area contributed by atoms with Crippen molar-refractivity contribution in [1.82, 2.24) is 14.7 Å². The molecule has 142 valence electrons. The Morgan fingerprint density at radius 2 is 1.62 bits per heavy atom. The maximum Gasteiger partial charge on any atom is 0.236 e. The molecule has 0 radical (unpaired) electrons. The molecule has 26 heavy (non-hydrogen) atoms. The van der Waals surface area contributed by atoms with Crippen LogP contribution in [0.3, 0.4) is 0 Å². The number of carbonyl (C=O) groups is 2. The van der Waals surface area contributed by atoms with Crippen LogP contribution in [-0.4, -0.2) is 72.3 Å². The highest BCUT2D eigenvalue weighted by molar-refractivity contribution is 5.91. The second-order valence-corrected chi connectivity index (χ2v) is 7.22. The first kappa shape index (κ1) is 18.8. The van der Waals surface area contributed by atoms with Gasteiger partial charge < -0.3 is 9.80 Å². The van der Waals surface area contributed by atoms with Gasteiger partial charge in [0.05, 0.1) is 12.0 Å². The molecule has 2 fully saturated rings. The van der Waals surface area contributed by atoms with E-state index in [9.17, 15) is 14.0 Å². The Morgan fingerprint density at radius 3 is 2.12 bits per heavy atom. The third-order valence-electron chi connectivity index (χ3n) is 5.69. The Morgan fingerprint density at radius 1 is 1.04 bits per heavy atom. The van der Waals surface area contributed by atoms with E-state index in [1.807, 2.05) is 23.6 Å². The Labute approximate surface area is 154 Å². The molecule has 2 amide bonds. The number of rotatable bonds is 6. The third-order valence-corrected chi connectivity index (χ3v) is 5.69. The van der Waals surface area contributed by atoms with Gasteiger partial charge in [0.15, 0.2) is 0 Å². The zero-order valence-corrected chi connectivity index (χ0v) is 15.7. The average molecular weight is 361 g/mol. The van der Waals surface area contributed by atoms with E-state index in [0.29, 0.717) is 19.6 Å². The smallest absolute Gasteiger partial charge is 0.236 e. The number of nitrogens with zero attached hydrogens (tertiary/aromatic N) is 3. The summed E-state index contributed by atoms with van der Waals surface area (Å²) in [5, 5.41) is 0. The molecule has 1 aromatic rings. The van der Waals surface area contributed by atoms with E-state index < -0.39 is 5.41 Å². The van der Waals surface area contributed by atoms with Crippen molar-refractivity contribution >= 4 is 11.8 Å². The Bertz CT molecular complexity index is 646. The van der Waals surface area contributed by atoms with Gasteiger partial charge >= 0.3 is 0 Å². The minimum absolute atomic E-state index is 0.152. The van der Waals surface area contributed by atoms with Gasteiger partial charge in [-0.05, 0) is 44.4 Å². The molecule has 0 atom stereocenters. The van der Waals surface area contributed by atoms with Crippen molar-refractivity contribution in [2.45, 2.75) is 32.1 Å². The van der Waals surface area contributed by atoms with Gasteiger partial charge in [-0.1, -0.05) is 12.1 Å². The van der Waals surface area contributed by atoms with E-state index >= 15 is 0 Å². The highest BCUT2D eigenvalue weighted by Crippen LogP contribution is 2.49. The van der Waals surface area contributed by atoms with Gasteiger partial charge in [0.2, 0.25) is 11.8 Å². The molecule has 0 spiro atoms. The maximum atomic E-state index is 13.2. The second kappa shape index (κ2) is 7.74. The molecular weight excluding hydrogens is 333 g/mol. The molecule has 5 nitrogen and oxygen atoms in total. The van der Waals surface area contributed by atoms with Crippen LogP contribution in [0.1, 0.15) is 32.3 Å². The van der Waals surface area contributed by atoms with E-state index in [1.165, 1.54) is 12.1 Å². The Balaban J connectivity index is 1.56. The minimum atomic E-state index is -0.451. The molecule has 1 aromatic carbocycles. The molecule has 1 heterocycles. The van der Waals surface area contributed by atoms with Crippen LogP contribution in [-0.2, 0) is 15.0 Å². The molecule has 3 rings (SSSR count). The van der Waals surface area contributed by atoms with Crippen LogP contribution in [0, 0.1) is 5.82 Å². The summed E-state index contributed by atoms with van der Waals surface area (Å²) in [6, 6.07) is 6.33. The summed E-state index contributed by atoms with van der Waals surface area (Å²) in [6.45, 7) is 8.59. The molecular formula is C20H28FN3O2. The highest BCUT2D eigenvalue weighted by Gasteiger charge is 2.53. The fourth-order valence-corrected chi connectivity index (χ4v) is 3.80. The summed E-state index contributed by atoms with van der Waals surface area (Å²) in [5.74, 6) is 0.0297. The van der Waals surface area contributed by atoms with Crippen molar-refractivity contribution in [2.24, 2.45) is 0 Å². The second-order valence-electron chi connectivity index (χ2n) is 7.22. The van der Waals surface area contributed by atoms with Gasteiger partial charge in [-0.15, -0.1) is 0 Å². The fourth-order valence-electron chi connectivity index (χ4n) is 3.80. The minimum Gasteiger partial charge on any atom is -0.342 e. The predicted molar refractivity (Wildman–Crippen MR) is 98.3 cm³/mol. The van der Waals surface area contributed by atoms with E-state index in [4.69, 9.17) is 0 Å². The summed E-state index contributed by atoms with van der Waals surface area (Å²) in [6.07, 6.45) is 1.66. The monoisotopic (exact) mass is 361 g/mol. The number of likely N-dealkylation sites (N-methyl/N-ethyl adjacent to an activating group) is 1. The number of hydrogen-bond donors (Lipinski definition) is 0. The average Bonchev–Trinajstić information content (AvgIpc) is 3.45. The van der Waals surface area contributed by atoms with Crippen LogP contribution in [0.15, 0.2) is 24.3 Å². The van der Waals surface area contributed by atoms with E-state index in [1.54, 1.807) is 12.1 Å². The van der Waals surface area contributed by atoms with Crippen LogP contribution < -0.4 is 0 Å². The zero-order chi connectivity index (χ0) is 18.7. The number of piperazine rings is 1. The van der Waals surface area contributed by atoms with Crippen LogP contribution in [0.25, 0.3) is 0 Å². The predicted octanol–water partition coefficient (Wildman–Crippen LogP) is 1.87. The van der Waals surface area contributed by atoms with E-state index in [2.05, 4.69) is 4.90 Å². The number of hydrogen-bond acceptors (Lipinski definition) is 3. The molecule has 0 aromatic heterocycles. The standard InChI is InChI=1S/C20H28FN3O2/c1-3-23(4-2)18(25)15-22-11-13-24(14-12-22)19(26)20(9-10-20)16-5-7-17(21)8-6-16/h5-8H,3-4,9-15H2,1-2H3. The number of carbonyl (C=O) groups excluding carboxylic acids is 2. The van der Waals surface area contributed by atoms with Gasteiger partial charge in [0.1, 0.15) is 5.82 Å². The molecule has 0 N–H and O–H groups in total. The molecule has 0 bridgehead atoms. The molecule has 6 heteroatoms. The van der Waals surface area contributed by atoms with Crippen LogP contribution in [0.5, 0.6) is 0 Å². The van der Waals surface area contributed by atoms with Crippen molar-refractivity contribution in [3.8, 4) is 0 Å². The van der Waals surface area contributed by atoms with Crippen LogP contribution >= 0.6 is 0 Å².